The SMILES string of the molecule is CC(=O)Nc1nnc(S(=O)(=O)Nc2cc(C(=O)O)[nH]n2)s1. The molecule has 2 rings (SSSR count). The summed E-state index contributed by atoms with van der Waals surface area (Å²) >= 11 is 0.642. The summed E-state index contributed by atoms with van der Waals surface area (Å²) in [5.41, 5.74) is -0.274. The van der Waals surface area contributed by atoms with Crippen molar-refractivity contribution in [1.82, 2.24) is 20.4 Å². The number of hydrogen-bond acceptors (Lipinski definition) is 8. The van der Waals surface area contributed by atoms with Crippen molar-refractivity contribution in [3.63, 3.8) is 0 Å². The Morgan fingerprint density at radius 3 is 2.67 bits per heavy atom. The predicted molar refractivity (Wildman–Crippen MR) is 70.6 cm³/mol. The zero-order valence-corrected chi connectivity index (χ0v) is 11.9. The number of carbonyl (C=O) groups excluding carboxylic acids is 1. The van der Waals surface area contributed by atoms with Gasteiger partial charge in [-0.1, -0.05) is 11.3 Å². The highest BCUT2D eigenvalue weighted by Gasteiger charge is 2.22. The van der Waals surface area contributed by atoms with Crippen LogP contribution in [0.4, 0.5) is 10.9 Å². The van der Waals surface area contributed by atoms with Gasteiger partial charge in [0.25, 0.3) is 14.4 Å². The number of carbonyl (C=O) groups is 2. The molecule has 0 spiro atoms. The average molecular weight is 332 g/mol. The molecule has 0 aliphatic heterocycles. The maximum absolute atomic E-state index is 12.0. The summed E-state index contributed by atoms with van der Waals surface area (Å²) in [7, 11) is -4.07. The first-order valence-electron chi connectivity index (χ1n) is 5.20. The number of nitrogens with one attached hydrogen (secondary N) is 3. The zero-order chi connectivity index (χ0) is 15.6. The van der Waals surface area contributed by atoms with E-state index in [9.17, 15) is 18.0 Å². The molecular formula is C8H8N6O5S2. The molecule has 13 heteroatoms. The Morgan fingerprint density at radius 1 is 1.38 bits per heavy atom. The second kappa shape index (κ2) is 5.45. The molecule has 0 unspecified atom stereocenters. The monoisotopic (exact) mass is 332 g/mol. The Balaban J connectivity index is 2.19. The highest BCUT2D eigenvalue weighted by molar-refractivity contribution is 7.94. The molecule has 0 atom stereocenters. The fourth-order valence-corrected chi connectivity index (χ4v) is 3.12. The molecule has 4 N–H and O–H groups in total. The Kier molecular flexibility index (Phi) is 3.86. The second-order valence-corrected chi connectivity index (χ2v) is 6.47. The van der Waals surface area contributed by atoms with Gasteiger partial charge in [0.2, 0.25) is 11.0 Å². The minimum atomic E-state index is -4.07. The molecule has 0 aliphatic carbocycles. The van der Waals surface area contributed by atoms with Gasteiger partial charge in [-0.3, -0.25) is 14.6 Å². The van der Waals surface area contributed by atoms with Crippen LogP contribution >= 0.6 is 11.3 Å². The lowest BCUT2D eigenvalue weighted by Gasteiger charge is -1.99. The third-order valence-electron chi connectivity index (χ3n) is 1.97. The van der Waals surface area contributed by atoms with Gasteiger partial charge >= 0.3 is 5.97 Å². The van der Waals surface area contributed by atoms with Gasteiger partial charge in [0.1, 0.15) is 5.69 Å². The topological polar surface area (TPSA) is 167 Å². The summed E-state index contributed by atoms with van der Waals surface area (Å²) in [6.45, 7) is 1.24. The normalized spacial score (nSPS) is 11.1. The van der Waals surface area contributed by atoms with Gasteiger partial charge in [-0.15, -0.1) is 10.2 Å². The number of H-pyrrole nitrogens is 1. The van der Waals surface area contributed by atoms with Crippen LogP contribution in [0.2, 0.25) is 0 Å². The summed E-state index contributed by atoms with van der Waals surface area (Å²) in [4.78, 5) is 21.5. The number of aromatic carboxylic acids is 1. The van der Waals surface area contributed by atoms with Crippen molar-refractivity contribution >= 4 is 44.2 Å². The van der Waals surface area contributed by atoms with E-state index in [4.69, 9.17) is 5.11 Å². The van der Waals surface area contributed by atoms with Gasteiger partial charge in [0.05, 0.1) is 0 Å². The minimum Gasteiger partial charge on any atom is -0.477 e. The number of aromatic amines is 1. The van der Waals surface area contributed by atoms with Crippen molar-refractivity contribution < 1.29 is 23.1 Å². The van der Waals surface area contributed by atoms with Crippen molar-refractivity contribution in [2.75, 3.05) is 10.0 Å². The van der Waals surface area contributed by atoms with Gasteiger partial charge in [0.15, 0.2) is 5.82 Å². The molecule has 2 aromatic heterocycles. The molecule has 0 radical (unpaired) electrons. The quantitative estimate of drug-likeness (QED) is 0.542. The Morgan fingerprint density at radius 2 is 2.10 bits per heavy atom. The van der Waals surface area contributed by atoms with E-state index in [1.54, 1.807) is 0 Å². The van der Waals surface area contributed by atoms with Gasteiger partial charge in [-0.25, -0.2) is 4.79 Å². The first kappa shape index (κ1) is 14.9. The predicted octanol–water partition coefficient (Wildman–Crippen LogP) is -0.281. The number of nitrogens with zero attached hydrogens (tertiary/aromatic N) is 3. The average Bonchev–Trinajstić information content (AvgIpc) is 2.97. The first-order chi connectivity index (χ1) is 9.78. The summed E-state index contributed by atoms with van der Waals surface area (Å²) in [5.74, 6) is -1.90. The summed E-state index contributed by atoms with van der Waals surface area (Å²) in [5, 5.41) is 23.6. The van der Waals surface area contributed by atoms with Gasteiger partial charge in [-0.2, -0.15) is 13.5 Å². The van der Waals surface area contributed by atoms with Crippen LogP contribution in [0.5, 0.6) is 0 Å². The van der Waals surface area contributed by atoms with Crippen molar-refractivity contribution in [3.8, 4) is 0 Å². The number of amides is 1. The first-order valence-corrected chi connectivity index (χ1v) is 7.50. The highest BCUT2D eigenvalue weighted by atomic mass is 32.2. The number of carboxylic acids is 1. The van der Waals surface area contributed by atoms with Gasteiger partial charge < -0.3 is 10.4 Å². The largest absolute Gasteiger partial charge is 0.477 e. The standard InChI is InChI=1S/C8H8N6O5S2/c1-3(15)9-7-12-13-8(20-7)21(18,19)14-5-2-4(6(16)17)10-11-5/h2H,1H3,(H,16,17)(H,9,12,15)(H2,10,11,14). The Hall–Kier alpha value is -2.54. The van der Waals surface area contributed by atoms with Crippen LogP contribution in [0.25, 0.3) is 0 Å². The van der Waals surface area contributed by atoms with Crippen molar-refractivity contribution in [1.29, 1.82) is 0 Å². The molecule has 21 heavy (non-hydrogen) atoms. The molecule has 2 heterocycles. The molecule has 0 fully saturated rings. The Bertz CT molecular complexity index is 794. The third-order valence-corrected chi connectivity index (χ3v) is 4.53. The maximum Gasteiger partial charge on any atom is 0.353 e. The van der Waals surface area contributed by atoms with Crippen LogP contribution in [-0.4, -0.2) is 45.8 Å². The van der Waals surface area contributed by atoms with Crippen LogP contribution in [0, 0.1) is 0 Å². The molecule has 0 aliphatic rings. The van der Waals surface area contributed by atoms with E-state index in [2.05, 4.69) is 25.7 Å². The van der Waals surface area contributed by atoms with Crippen molar-refractivity contribution in [2.45, 2.75) is 11.3 Å². The smallest absolute Gasteiger partial charge is 0.353 e. The fourth-order valence-electron chi connectivity index (χ4n) is 1.18. The number of hydrogen-bond donors (Lipinski definition) is 4. The van der Waals surface area contributed by atoms with Crippen molar-refractivity contribution in [2.24, 2.45) is 0 Å². The molecule has 11 nitrogen and oxygen atoms in total. The fraction of sp³-hybridized carbons (Fsp3) is 0.125. The lowest BCUT2D eigenvalue weighted by Crippen LogP contribution is -2.13. The molecule has 0 aromatic carbocycles. The molecule has 0 saturated carbocycles. The van der Waals surface area contributed by atoms with Crippen LogP contribution in [0.15, 0.2) is 10.4 Å². The molecule has 112 valence electrons. The molecule has 0 bridgehead atoms. The van der Waals surface area contributed by atoms with Gasteiger partial charge in [-0.05, 0) is 0 Å². The second-order valence-electron chi connectivity index (χ2n) is 3.63. The number of carboxylic acid groups (broad SMARTS) is 1. The van der Waals surface area contributed by atoms with E-state index in [1.165, 1.54) is 6.92 Å². The zero-order valence-electron chi connectivity index (χ0n) is 10.3. The van der Waals surface area contributed by atoms with E-state index in [0.717, 1.165) is 6.07 Å². The van der Waals surface area contributed by atoms with E-state index in [0.29, 0.717) is 11.3 Å². The minimum absolute atomic E-state index is 0.0242. The number of aromatic nitrogens is 4. The van der Waals surface area contributed by atoms with Crippen LogP contribution in [-0.2, 0) is 14.8 Å². The van der Waals surface area contributed by atoms with E-state index >= 15 is 0 Å². The van der Waals surface area contributed by atoms with E-state index in [-0.39, 0.29) is 16.6 Å². The molecular weight excluding hydrogens is 324 g/mol. The van der Waals surface area contributed by atoms with Crippen LogP contribution in [0.1, 0.15) is 17.4 Å². The van der Waals surface area contributed by atoms with Crippen LogP contribution in [0.3, 0.4) is 0 Å². The van der Waals surface area contributed by atoms with E-state index < -0.39 is 26.2 Å². The number of sulfonamides is 1. The summed E-state index contributed by atoms with van der Waals surface area (Å²) in [6.07, 6.45) is 0. The molecule has 1 amide bonds. The van der Waals surface area contributed by atoms with Gasteiger partial charge in [0, 0.05) is 13.0 Å². The van der Waals surface area contributed by atoms with Crippen LogP contribution < -0.4 is 10.0 Å². The summed E-state index contributed by atoms with van der Waals surface area (Å²) < 4.78 is 25.6. The number of anilines is 2. The van der Waals surface area contributed by atoms with E-state index in [1.807, 2.05) is 4.72 Å². The summed E-state index contributed by atoms with van der Waals surface area (Å²) in [6, 6.07) is 1.01. The third kappa shape index (κ3) is 3.51. The molecule has 0 saturated heterocycles. The van der Waals surface area contributed by atoms with Crippen molar-refractivity contribution in [3.05, 3.63) is 11.8 Å². The number of rotatable bonds is 5. The Labute approximate surface area is 121 Å². The highest BCUT2D eigenvalue weighted by Crippen LogP contribution is 2.22. The lowest BCUT2D eigenvalue weighted by molar-refractivity contribution is -0.114. The molecule has 2 aromatic rings. The maximum atomic E-state index is 12.0. The lowest BCUT2D eigenvalue weighted by atomic mass is 10.4.